The number of aliphatic hydroxyl groups excluding tert-OH is 2. The van der Waals surface area contributed by atoms with E-state index in [0.29, 0.717) is 24.8 Å². The van der Waals surface area contributed by atoms with E-state index >= 15 is 0 Å². The Kier molecular flexibility index (Phi) is 3.50. The Hall–Kier alpha value is -0.120. The van der Waals surface area contributed by atoms with Crippen molar-refractivity contribution in [2.24, 2.45) is 17.6 Å². The summed E-state index contributed by atoms with van der Waals surface area (Å²) in [6, 6.07) is 0. The molecule has 0 aromatic carbocycles. The molecule has 72 valence electrons. The molecular weight excluding hydrogens is 154 g/mol. The average molecular weight is 173 g/mol. The number of aliphatic hydroxyl groups is 2. The lowest BCUT2D eigenvalue weighted by Crippen LogP contribution is -2.41. The van der Waals surface area contributed by atoms with Gasteiger partial charge in [-0.3, -0.25) is 0 Å². The number of nitrogens with two attached hydrogens (primary N) is 1. The number of hydrogen-bond acceptors (Lipinski definition) is 3. The highest BCUT2D eigenvalue weighted by molar-refractivity contribution is 4.85. The van der Waals surface area contributed by atoms with Gasteiger partial charge in [-0.1, -0.05) is 13.3 Å². The average Bonchev–Trinajstić information content (AvgIpc) is 2.03. The summed E-state index contributed by atoms with van der Waals surface area (Å²) in [6.45, 7) is 2.64. The normalized spacial score (nSPS) is 43.0. The fourth-order valence-corrected chi connectivity index (χ4v) is 2.26. The molecule has 1 saturated carbocycles. The third kappa shape index (κ3) is 1.97. The second kappa shape index (κ2) is 4.21. The predicted octanol–water partition coefficient (Wildman–Crippen LogP) is 0.103. The fourth-order valence-electron chi connectivity index (χ4n) is 2.26. The quantitative estimate of drug-likeness (QED) is 0.555. The standard InChI is InChI=1S/C9H19NO2/c1-2-8-6(5-10)3-7(11)4-9(8)12/h6-9,11-12H,2-5,10H2,1H3/t6?,7?,8?,9-/m1/s1. The lowest BCUT2D eigenvalue weighted by molar-refractivity contribution is -0.0305. The van der Waals surface area contributed by atoms with E-state index in [-0.39, 0.29) is 12.2 Å². The summed E-state index contributed by atoms with van der Waals surface area (Å²) in [5, 5.41) is 19.0. The molecule has 1 fully saturated rings. The van der Waals surface area contributed by atoms with Crippen molar-refractivity contribution in [3.05, 3.63) is 0 Å². The highest BCUT2D eigenvalue weighted by Crippen LogP contribution is 2.31. The van der Waals surface area contributed by atoms with Gasteiger partial charge in [0.25, 0.3) is 0 Å². The van der Waals surface area contributed by atoms with E-state index < -0.39 is 0 Å². The molecule has 0 amide bonds. The van der Waals surface area contributed by atoms with Gasteiger partial charge in [0.1, 0.15) is 0 Å². The summed E-state index contributed by atoms with van der Waals surface area (Å²) < 4.78 is 0. The van der Waals surface area contributed by atoms with Crippen LogP contribution in [-0.2, 0) is 0 Å². The minimum atomic E-state index is -0.354. The Morgan fingerprint density at radius 3 is 2.50 bits per heavy atom. The van der Waals surface area contributed by atoms with E-state index in [9.17, 15) is 10.2 Å². The van der Waals surface area contributed by atoms with Gasteiger partial charge in [-0.25, -0.2) is 0 Å². The smallest absolute Gasteiger partial charge is 0.0596 e. The monoisotopic (exact) mass is 173 g/mol. The van der Waals surface area contributed by atoms with Crippen molar-refractivity contribution in [2.75, 3.05) is 6.54 Å². The van der Waals surface area contributed by atoms with Gasteiger partial charge in [-0.05, 0) is 31.2 Å². The maximum atomic E-state index is 9.63. The van der Waals surface area contributed by atoms with Gasteiger partial charge in [-0.2, -0.15) is 0 Å². The number of rotatable bonds is 2. The van der Waals surface area contributed by atoms with E-state index in [0.717, 1.165) is 12.8 Å². The first kappa shape index (κ1) is 9.96. The van der Waals surface area contributed by atoms with E-state index in [2.05, 4.69) is 6.92 Å². The lowest BCUT2D eigenvalue weighted by atomic mass is 9.75. The first-order valence-corrected chi connectivity index (χ1v) is 4.75. The van der Waals surface area contributed by atoms with Gasteiger partial charge in [0.15, 0.2) is 0 Å². The van der Waals surface area contributed by atoms with Crippen LogP contribution in [0.1, 0.15) is 26.2 Å². The summed E-state index contributed by atoms with van der Waals surface area (Å²) >= 11 is 0. The Morgan fingerprint density at radius 2 is 2.00 bits per heavy atom. The van der Waals surface area contributed by atoms with Crippen LogP contribution in [0.5, 0.6) is 0 Å². The van der Waals surface area contributed by atoms with Gasteiger partial charge in [-0.15, -0.1) is 0 Å². The summed E-state index contributed by atoms with van der Waals surface area (Å²) in [6.07, 6.45) is 1.53. The molecule has 0 saturated heterocycles. The first-order chi connectivity index (χ1) is 5.69. The molecule has 0 heterocycles. The largest absolute Gasteiger partial charge is 0.393 e. The van der Waals surface area contributed by atoms with Crippen LogP contribution < -0.4 is 5.73 Å². The van der Waals surface area contributed by atoms with Gasteiger partial charge >= 0.3 is 0 Å². The molecule has 3 unspecified atom stereocenters. The van der Waals surface area contributed by atoms with Crippen molar-refractivity contribution in [3.8, 4) is 0 Å². The van der Waals surface area contributed by atoms with E-state index in [1.165, 1.54) is 0 Å². The third-order valence-electron chi connectivity index (χ3n) is 2.96. The van der Waals surface area contributed by atoms with E-state index in [4.69, 9.17) is 5.73 Å². The summed E-state index contributed by atoms with van der Waals surface area (Å²) in [4.78, 5) is 0. The van der Waals surface area contributed by atoms with Crippen LogP contribution in [0, 0.1) is 11.8 Å². The molecule has 4 atom stereocenters. The molecule has 0 spiro atoms. The highest BCUT2D eigenvalue weighted by Gasteiger charge is 2.33. The third-order valence-corrected chi connectivity index (χ3v) is 2.96. The Bertz CT molecular complexity index is 140. The van der Waals surface area contributed by atoms with Crippen LogP contribution >= 0.6 is 0 Å². The maximum Gasteiger partial charge on any atom is 0.0596 e. The first-order valence-electron chi connectivity index (χ1n) is 4.75. The molecule has 1 aliphatic rings. The van der Waals surface area contributed by atoms with Gasteiger partial charge in [0.2, 0.25) is 0 Å². The van der Waals surface area contributed by atoms with Crippen molar-refractivity contribution in [3.63, 3.8) is 0 Å². The van der Waals surface area contributed by atoms with Crippen LogP contribution in [0.25, 0.3) is 0 Å². The molecule has 3 nitrogen and oxygen atoms in total. The zero-order valence-electron chi connectivity index (χ0n) is 7.61. The molecule has 0 bridgehead atoms. The molecule has 0 aromatic rings. The second-order valence-corrected chi connectivity index (χ2v) is 3.76. The molecule has 1 rings (SSSR count). The zero-order valence-corrected chi connectivity index (χ0v) is 7.61. The molecule has 1 aliphatic carbocycles. The summed E-state index contributed by atoms with van der Waals surface area (Å²) in [5.41, 5.74) is 5.57. The minimum absolute atomic E-state index is 0.290. The van der Waals surface area contributed by atoms with Crippen LogP contribution in [0.3, 0.4) is 0 Å². The van der Waals surface area contributed by atoms with Crippen LogP contribution in [0.2, 0.25) is 0 Å². The predicted molar refractivity (Wildman–Crippen MR) is 47.6 cm³/mol. The van der Waals surface area contributed by atoms with Crippen molar-refractivity contribution in [2.45, 2.75) is 38.4 Å². The van der Waals surface area contributed by atoms with E-state index in [1.54, 1.807) is 0 Å². The molecule has 12 heavy (non-hydrogen) atoms. The van der Waals surface area contributed by atoms with E-state index in [1.807, 2.05) is 0 Å². The molecular formula is C9H19NO2. The topological polar surface area (TPSA) is 66.5 Å². The van der Waals surface area contributed by atoms with Gasteiger partial charge in [0, 0.05) is 0 Å². The molecule has 3 heteroatoms. The molecule has 0 radical (unpaired) electrons. The molecule has 0 aliphatic heterocycles. The van der Waals surface area contributed by atoms with Crippen molar-refractivity contribution >= 4 is 0 Å². The number of hydrogen-bond donors (Lipinski definition) is 3. The maximum absolute atomic E-state index is 9.63. The second-order valence-electron chi connectivity index (χ2n) is 3.76. The Balaban J connectivity index is 2.56. The van der Waals surface area contributed by atoms with Gasteiger partial charge < -0.3 is 15.9 Å². The summed E-state index contributed by atoms with van der Waals surface area (Å²) in [7, 11) is 0. The van der Waals surface area contributed by atoms with Gasteiger partial charge in [0.05, 0.1) is 12.2 Å². The van der Waals surface area contributed by atoms with Crippen molar-refractivity contribution in [1.82, 2.24) is 0 Å². The fraction of sp³-hybridized carbons (Fsp3) is 1.00. The Labute approximate surface area is 73.6 Å². The van der Waals surface area contributed by atoms with Crippen molar-refractivity contribution in [1.29, 1.82) is 0 Å². The van der Waals surface area contributed by atoms with Crippen LogP contribution in [0.15, 0.2) is 0 Å². The Morgan fingerprint density at radius 1 is 1.33 bits per heavy atom. The summed E-state index contributed by atoms with van der Waals surface area (Å²) in [5.74, 6) is 0.590. The SMILES string of the molecule is CCC1C(CN)CC(O)C[C@H]1O. The highest BCUT2D eigenvalue weighted by atomic mass is 16.3. The van der Waals surface area contributed by atoms with Crippen molar-refractivity contribution < 1.29 is 10.2 Å². The van der Waals surface area contributed by atoms with Crippen LogP contribution in [0.4, 0.5) is 0 Å². The lowest BCUT2D eigenvalue weighted by Gasteiger charge is -2.36. The van der Waals surface area contributed by atoms with Crippen LogP contribution in [-0.4, -0.2) is 29.0 Å². The zero-order chi connectivity index (χ0) is 9.14. The molecule has 0 aromatic heterocycles. The minimum Gasteiger partial charge on any atom is -0.393 e. The molecule has 4 N–H and O–H groups in total.